The first-order valence-electron chi connectivity index (χ1n) is 8.13. The Balaban J connectivity index is 2.11. The molecule has 0 bridgehead atoms. The number of carboxylic acids is 1. The Morgan fingerprint density at radius 1 is 1.12 bits per heavy atom. The van der Waals surface area contributed by atoms with Crippen LogP contribution >= 0.6 is 15.9 Å². The topological polar surface area (TPSA) is 66.4 Å². The maximum absolute atomic E-state index is 12.5. The Morgan fingerprint density at radius 3 is 2.32 bits per heavy atom. The normalized spacial score (nSPS) is 13.1. The number of amides is 1. The summed E-state index contributed by atoms with van der Waals surface area (Å²) in [5.74, 6) is -2.70. The number of carboxylic acid groups (broad SMARTS) is 1. The van der Waals surface area contributed by atoms with Crippen molar-refractivity contribution in [3.05, 3.63) is 63.6 Å². The molecule has 0 heterocycles. The van der Waals surface area contributed by atoms with Gasteiger partial charge in [-0.2, -0.15) is 0 Å². The highest BCUT2D eigenvalue weighted by Crippen LogP contribution is 2.23. The monoisotopic (exact) mass is 403 g/mol. The molecule has 0 saturated carbocycles. The summed E-state index contributed by atoms with van der Waals surface area (Å²) in [5.41, 5.74) is 3.74. The van der Waals surface area contributed by atoms with E-state index in [0.717, 1.165) is 21.2 Å². The molecule has 132 valence electrons. The van der Waals surface area contributed by atoms with Gasteiger partial charge >= 0.3 is 5.97 Å². The highest BCUT2D eigenvalue weighted by molar-refractivity contribution is 9.10. The summed E-state index contributed by atoms with van der Waals surface area (Å²) in [4.78, 5) is 24.2. The van der Waals surface area contributed by atoms with Crippen molar-refractivity contribution < 1.29 is 14.7 Å². The summed E-state index contributed by atoms with van der Waals surface area (Å²) in [6, 6.07) is 13.2. The molecule has 0 aliphatic rings. The first kappa shape index (κ1) is 19.2. The van der Waals surface area contributed by atoms with E-state index in [4.69, 9.17) is 0 Å². The van der Waals surface area contributed by atoms with Crippen LogP contribution in [0.2, 0.25) is 0 Å². The molecule has 2 atom stereocenters. The third-order valence-electron chi connectivity index (χ3n) is 4.35. The van der Waals surface area contributed by atoms with E-state index >= 15 is 0 Å². The van der Waals surface area contributed by atoms with Gasteiger partial charge in [-0.3, -0.25) is 9.59 Å². The maximum Gasteiger partial charge on any atom is 0.307 e. The van der Waals surface area contributed by atoms with E-state index in [2.05, 4.69) is 21.2 Å². The fourth-order valence-electron chi connectivity index (χ4n) is 2.57. The van der Waals surface area contributed by atoms with Gasteiger partial charge in [0, 0.05) is 16.1 Å². The number of aliphatic carboxylic acids is 1. The van der Waals surface area contributed by atoms with Crippen LogP contribution in [0.4, 0.5) is 5.69 Å². The van der Waals surface area contributed by atoms with Crippen LogP contribution < -0.4 is 5.32 Å². The van der Waals surface area contributed by atoms with Crippen LogP contribution in [0.1, 0.15) is 23.6 Å². The van der Waals surface area contributed by atoms with Gasteiger partial charge in [-0.15, -0.1) is 0 Å². The zero-order chi connectivity index (χ0) is 18.6. The second-order valence-corrected chi connectivity index (χ2v) is 7.23. The van der Waals surface area contributed by atoms with Crippen LogP contribution in [0.3, 0.4) is 0 Å². The number of aryl methyl sites for hydroxylation is 2. The average molecular weight is 404 g/mol. The van der Waals surface area contributed by atoms with Crippen molar-refractivity contribution >= 4 is 33.5 Å². The summed E-state index contributed by atoms with van der Waals surface area (Å²) < 4.78 is 0.896. The molecule has 0 fully saturated rings. The van der Waals surface area contributed by atoms with Gasteiger partial charge in [0.25, 0.3) is 0 Å². The predicted octanol–water partition coefficient (Wildman–Crippen LogP) is 4.58. The van der Waals surface area contributed by atoms with Crippen LogP contribution in [0.25, 0.3) is 0 Å². The van der Waals surface area contributed by atoms with E-state index in [9.17, 15) is 14.7 Å². The summed E-state index contributed by atoms with van der Waals surface area (Å²) >= 11 is 3.43. The molecule has 0 radical (unpaired) electrons. The number of rotatable bonds is 6. The van der Waals surface area contributed by atoms with Gasteiger partial charge in [0.15, 0.2) is 0 Å². The molecule has 2 N–H and O–H groups in total. The van der Waals surface area contributed by atoms with Crippen LogP contribution in [0, 0.1) is 25.7 Å². The van der Waals surface area contributed by atoms with Crippen molar-refractivity contribution in [2.24, 2.45) is 11.8 Å². The Hall–Kier alpha value is -2.14. The lowest BCUT2D eigenvalue weighted by molar-refractivity contribution is -0.145. The standard InChI is InChI=1S/C20H22BrNO3/c1-12-4-7-15(8-5-12)10-17(20(24)25)14(3)19(23)22-16-9-6-13(2)18(21)11-16/h4-9,11,14,17H,10H2,1-3H3,(H,22,23)(H,24,25)/t14-,17-/m0/s1. The number of carbonyl (C=O) groups excluding carboxylic acids is 1. The molecular formula is C20H22BrNO3. The fraction of sp³-hybridized carbons (Fsp3) is 0.300. The first-order valence-corrected chi connectivity index (χ1v) is 8.92. The summed E-state index contributed by atoms with van der Waals surface area (Å²) in [6.45, 7) is 5.60. The van der Waals surface area contributed by atoms with E-state index in [0.29, 0.717) is 12.1 Å². The zero-order valence-corrected chi connectivity index (χ0v) is 16.1. The third kappa shape index (κ3) is 5.16. The molecule has 0 unspecified atom stereocenters. The van der Waals surface area contributed by atoms with Gasteiger partial charge < -0.3 is 10.4 Å². The van der Waals surface area contributed by atoms with E-state index < -0.39 is 17.8 Å². The molecule has 25 heavy (non-hydrogen) atoms. The van der Waals surface area contributed by atoms with Crippen molar-refractivity contribution in [1.82, 2.24) is 0 Å². The molecule has 0 spiro atoms. The van der Waals surface area contributed by atoms with Crippen molar-refractivity contribution in [1.29, 1.82) is 0 Å². The van der Waals surface area contributed by atoms with Crippen molar-refractivity contribution in [2.45, 2.75) is 27.2 Å². The molecule has 0 saturated heterocycles. The number of benzene rings is 2. The number of halogens is 1. The smallest absolute Gasteiger partial charge is 0.307 e. The van der Waals surface area contributed by atoms with Crippen LogP contribution in [0.15, 0.2) is 46.9 Å². The fourth-order valence-corrected chi connectivity index (χ4v) is 2.94. The molecule has 2 aromatic rings. The zero-order valence-electron chi connectivity index (χ0n) is 14.5. The average Bonchev–Trinajstić information content (AvgIpc) is 2.56. The lowest BCUT2D eigenvalue weighted by atomic mass is 9.87. The Labute approximate surface area is 156 Å². The third-order valence-corrected chi connectivity index (χ3v) is 5.20. The molecule has 0 aliphatic carbocycles. The van der Waals surface area contributed by atoms with E-state index in [1.54, 1.807) is 13.0 Å². The number of carbonyl (C=O) groups is 2. The van der Waals surface area contributed by atoms with Crippen molar-refractivity contribution in [3.8, 4) is 0 Å². The van der Waals surface area contributed by atoms with Gasteiger partial charge in [-0.05, 0) is 43.5 Å². The number of anilines is 1. The van der Waals surface area contributed by atoms with Crippen molar-refractivity contribution in [2.75, 3.05) is 5.32 Å². The molecule has 2 rings (SSSR count). The summed E-state index contributed by atoms with van der Waals surface area (Å²) in [7, 11) is 0. The lowest BCUT2D eigenvalue weighted by Gasteiger charge is -2.20. The predicted molar refractivity (Wildman–Crippen MR) is 103 cm³/mol. The minimum absolute atomic E-state index is 0.296. The maximum atomic E-state index is 12.5. The second-order valence-electron chi connectivity index (χ2n) is 6.38. The minimum Gasteiger partial charge on any atom is -0.481 e. The lowest BCUT2D eigenvalue weighted by Crippen LogP contribution is -2.33. The highest BCUT2D eigenvalue weighted by Gasteiger charge is 2.30. The second kappa shape index (κ2) is 8.30. The number of nitrogens with one attached hydrogen (secondary N) is 1. The molecule has 4 nitrogen and oxygen atoms in total. The largest absolute Gasteiger partial charge is 0.481 e. The van der Waals surface area contributed by atoms with Gasteiger partial charge in [0.2, 0.25) is 5.91 Å². The Kier molecular flexibility index (Phi) is 6.37. The first-order chi connectivity index (χ1) is 11.8. The molecule has 1 amide bonds. The minimum atomic E-state index is -0.965. The van der Waals surface area contributed by atoms with E-state index in [-0.39, 0.29) is 5.91 Å². The molecule has 2 aromatic carbocycles. The van der Waals surface area contributed by atoms with Crippen LogP contribution in [0.5, 0.6) is 0 Å². The quantitative estimate of drug-likeness (QED) is 0.741. The number of hydrogen-bond donors (Lipinski definition) is 2. The summed E-state index contributed by atoms with van der Waals surface area (Å²) in [6.07, 6.45) is 0.321. The Morgan fingerprint density at radius 2 is 1.76 bits per heavy atom. The van der Waals surface area contributed by atoms with Crippen LogP contribution in [-0.2, 0) is 16.0 Å². The SMILES string of the molecule is Cc1ccc(C[C@H](C(=O)O)[C@H](C)C(=O)Nc2ccc(C)c(Br)c2)cc1. The summed E-state index contributed by atoms with van der Waals surface area (Å²) in [5, 5.41) is 12.4. The van der Waals surface area contributed by atoms with E-state index in [1.807, 2.05) is 50.2 Å². The van der Waals surface area contributed by atoms with Gasteiger partial charge in [-0.1, -0.05) is 58.7 Å². The van der Waals surface area contributed by atoms with Gasteiger partial charge in [0.05, 0.1) is 5.92 Å². The van der Waals surface area contributed by atoms with Crippen LogP contribution in [-0.4, -0.2) is 17.0 Å². The molecule has 0 aliphatic heterocycles. The van der Waals surface area contributed by atoms with Gasteiger partial charge in [0.1, 0.15) is 0 Å². The molecule has 0 aromatic heterocycles. The molecular weight excluding hydrogens is 382 g/mol. The van der Waals surface area contributed by atoms with E-state index in [1.165, 1.54) is 0 Å². The van der Waals surface area contributed by atoms with Gasteiger partial charge in [-0.25, -0.2) is 0 Å². The van der Waals surface area contributed by atoms with Crippen molar-refractivity contribution in [3.63, 3.8) is 0 Å². The highest BCUT2D eigenvalue weighted by atomic mass is 79.9. The number of hydrogen-bond acceptors (Lipinski definition) is 2. The molecule has 5 heteroatoms. The Bertz CT molecular complexity index is 771.